The van der Waals surface area contributed by atoms with Gasteiger partial charge in [0.15, 0.2) is 5.65 Å². The van der Waals surface area contributed by atoms with Crippen molar-refractivity contribution in [2.24, 2.45) is 0 Å². The Kier molecular flexibility index (Phi) is 4.77. The minimum atomic E-state index is -4.33. The Hall–Kier alpha value is -3.29. The fourth-order valence-corrected chi connectivity index (χ4v) is 2.92. The first-order valence-corrected chi connectivity index (χ1v) is 8.75. The van der Waals surface area contributed by atoms with Gasteiger partial charge in [0.25, 0.3) is 0 Å². The molecular formula is C20H17F3N4O. The number of halogens is 3. The van der Waals surface area contributed by atoms with Gasteiger partial charge in [0.05, 0.1) is 17.5 Å². The minimum Gasteiger partial charge on any atom is -0.469 e. The number of nitrogens with zero attached hydrogens (tertiary/aromatic N) is 2. The number of benzene rings is 1. The van der Waals surface area contributed by atoms with Gasteiger partial charge in [0, 0.05) is 25.6 Å². The maximum Gasteiger partial charge on any atom is 0.416 e. The van der Waals surface area contributed by atoms with Crippen LogP contribution in [0.2, 0.25) is 0 Å². The monoisotopic (exact) mass is 386 g/mol. The Morgan fingerprint density at radius 3 is 2.57 bits per heavy atom. The quantitative estimate of drug-likeness (QED) is 0.491. The fourth-order valence-electron chi connectivity index (χ4n) is 2.92. The van der Waals surface area contributed by atoms with Crippen LogP contribution in [0.1, 0.15) is 22.7 Å². The van der Waals surface area contributed by atoms with Crippen LogP contribution in [0.25, 0.3) is 11.2 Å². The Morgan fingerprint density at radius 2 is 1.86 bits per heavy atom. The summed E-state index contributed by atoms with van der Waals surface area (Å²) < 4.78 is 43.3. The maximum atomic E-state index is 12.7. The smallest absolute Gasteiger partial charge is 0.416 e. The summed E-state index contributed by atoms with van der Waals surface area (Å²) in [5.74, 6) is 1.68. The van der Waals surface area contributed by atoms with E-state index in [1.54, 1.807) is 18.5 Å². The molecule has 2 N–H and O–H groups in total. The van der Waals surface area contributed by atoms with E-state index in [2.05, 4.69) is 20.3 Å². The van der Waals surface area contributed by atoms with Crippen LogP contribution in [0.15, 0.2) is 59.3 Å². The number of H-pyrrole nitrogens is 1. The zero-order chi connectivity index (χ0) is 19.6. The molecule has 144 valence electrons. The van der Waals surface area contributed by atoms with Crippen LogP contribution < -0.4 is 5.32 Å². The van der Waals surface area contributed by atoms with Crippen LogP contribution in [0.3, 0.4) is 0 Å². The second kappa shape index (κ2) is 7.38. The molecule has 0 saturated carbocycles. The van der Waals surface area contributed by atoms with Crippen molar-refractivity contribution in [3.8, 4) is 0 Å². The SMILES string of the molecule is FC(F)(F)c1ccc(CNc2ccnc3[nH]c(CCc4ccco4)nc23)cc1. The second-order valence-electron chi connectivity index (χ2n) is 6.37. The molecular weight excluding hydrogens is 369 g/mol. The molecule has 0 fully saturated rings. The van der Waals surface area contributed by atoms with Crippen molar-refractivity contribution >= 4 is 16.9 Å². The lowest BCUT2D eigenvalue weighted by molar-refractivity contribution is -0.137. The van der Waals surface area contributed by atoms with Gasteiger partial charge in [-0.25, -0.2) is 9.97 Å². The van der Waals surface area contributed by atoms with E-state index in [9.17, 15) is 13.2 Å². The van der Waals surface area contributed by atoms with Gasteiger partial charge in [-0.15, -0.1) is 0 Å². The lowest BCUT2D eigenvalue weighted by atomic mass is 10.1. The summed E-state index contributed by atoms with van der Waals surface area (Å²) in [5.41, 5.74) is 2.21. The lowest BCUT2D eigenvalue weighted by Crippen LogP contribution is -2.05. The largest absolute Gasteiger partial charge is 0.469 e. The molecule has 0 saturated heterocycles. The highest BCUT2D eigenvalue weighted by molar-refractivity contribution is 5.85. The summed E-state index contributed by atoms with van der Waals surface area (Å²) in [4.78, 5) is 12.1. The third-order valence-electron chi connectivity index (χ3n) is 4.39. The van der Waals surface area contributed by atoms with Crippen molar-refractivity contribution in [2.45, 2.75) is 25.6 Å². The predicted molar refractivity (Wildman–Crippen MR) is 98.8 cm³/mol. The number of furan rings is 1. The summed E-state index contributed by atoms with van der Waals surface area (Å²) in [6.07, 6.45) is 0.373. The number of hydrogen-bond acceptors (Lipinski definition) is 4. The van der Waals surface area contributed by atoms with Crippen LogP contribution in [0.5, 0.6) is 0 Å². The first kappa shape index (κ1) is 18.1. The second-order valence-corrected chi connectivity index (χ2v) is 6.37. The first-order chi connectivity index (χ1) is 13.5. The molecule has 0 spiro atoms. The fraction of sp³-hybridized carbons (Fsp3) is 0.200. The molecule has 4 rings (SSSR count). The van der Waals surface area contributed by atoms with E-state index >= 15 is 0 Å². The van der Waals surface area contributed by atoms with Gasteiger partial charge >= 0.3 is 6.18 Å². The number of anilines is 1. The third kappa shape index (κ3) is 4.00. The number of pyridine rings is 1. The average Bonchev–Trinajstić information content (AvgIpc) is 3.33. The average molecular weight is 386 g/mol. The number of imidazole rings is 1. The molecule has 5 nitrogen and oxygen atoms in total. The summed E-state index contributed by atoms with van der Waals surface area (Å²) in [6.45, 7) is 0.381. The lowest BCUT2D eigenvalue weighted by Gasteiger charge is -2.09. The van der Waals surface area contributed by atoms with Gasteiger partial charge in [0.1, 0.15) is 17.1 Å². The topological polar surface area (TPSA) is 66.7 Å². The predicted octanol–water partition coefficient (Wildman–Crippen LogP) is 4.97. The summed E-state index contributed by atoms with van der Waals surface area (Å²) >= 11 is 0. The zero-order valence-corrected chi connectivity index (χ0v) is 14.8. The van der Waals surface area contributed by atoms with Crippen LogP contribution >= 0.6 is 0 Å². The molecule has 3 heterocycles. The van der Waals surface area contributed by atoms with Gasteiger partial charge in [-0.3, -0.25) is 0 Å². The van der Waals surface area contributed by atoms with Crippen molar-refractivity contribution in [3.05, 3.63) is 77.6 Å². The van der Waals surface area contributed by atoms with E-state index in [-0.39, 0.29) is 0 Å². The number of aromatic amines is 1. The normalized spacial score (nSPS) is 11.8. The molecule has 0 amide bonds. The standard InChI is InChI=1S/C20H17F3N4O/c21-20(22,23)14-5-3-13(4-6-14)12-25-16-9-10-24-19-18(16)26-17(27-19)8-7-15-2-1-11-28-15/h1-6,9-11H,7-8,12H2,(H2,24,25,26,27). The molecule has 1 aromatic carbocycles. The number of nitrogens with one attached hydrogen (secondary N) is 2. The van der Waals surface area contributed by atoms with E-state index < -0.39 is 11.7 Å². The number of rotatable bonds is 6. The molecule has 0 aliphatic carbocycles. The van der Waals surface area contributed by atoms with E-state index in [1.807, 2.05) is 12.1 Å². The summed E-state index contributed by atoms with van der Waals surface area (Å²) in [7, 11) is 0. The van der Waals surface area contributed by atoms with Gasteiger partial charge in [-0.1, -0.05) is 12.1 Å². The van der Waals surface area contributed by atoms with Crippen LogP contribution in [0.4, 0.5) is 18.9 Å². The number of alkyl halides is 3. The third-order valence-corrected chi connectivity index (χ3v) is 4.39. The van der Waals surface area contributed by atoms with Crippen molar-refractivity contribution in [2.75, 3.05) is 5.32 Å². The highest BCUT2D eigenvalue weighted by atomic mass is 19.4. The Bertz CT molecular complexity index is 1050. The molecule has 0 aliphatic heterocycles. The first-order valence-electron chi connectivity index (χ1n) is 8.75. The van der Waals surface area contributed by atoms with Gasteiger partial charge < -0.3 is 14.7 Å². The van der Waals surface area contributed by atoms with Gasteiger partial charge in [0.2, 0.25) is 0 Å². The van der Waals surface area contributed by atoms with Crippen molar-refractivity contribution in [1.82, 2.24) is 15.0 Å². The number of aryl methyl sites for hydroxylation is 2. The minimum absolute atomic E-state index is 0.381. The van der Waals surface area contributed by atoms with E-state index in [4.69, 9.17) is 4.42 Å². The van der Waals surface area contributed by atoms with Crippen molar-refractivity contribution in [3.63, 3.8) is 0 Å². The van der Waals surface area contributed by atoms with Crippen LogP contribution in [-0.2, 0) is 25.6 Å². The van der Waals surface area contributed by atoms with E-state index in [0.29, 0.717) is 24.1 Å². The highest BCUT2D eigenvalue weighted by Crippen LogP contribution is 2.29. The Morgan fingerprint density at radius 1 is 1.04 bits per heavy atom. The number of aromatic nitrogens is 3. The Balaban J connectivity index is 1.46. The summed E-state index contributed by atoms with van der Waals surface area (Å²) in [5, 5.41) is 3.22. The highest BCUT2D eigenvalue weighted by Gasteiger charge is 2.29. The van der Waals surface area contributed by atoms with Gasteiger partial charge in [-0.05, 0) is 35.9 Å². The van der Waals surface area contributed by atoms with Crippen LogP contribution in [0, 0.1) is 0 Å². The molecule has 28 heavy (non-hydrogen) atoms. The van der Waals surface area contributed by atoms with Gasteiger partial charge in [-0.2, -0.15) is 13.2 Å². The Labute approximate surface area is 158 Å². The molecule has 0 aliphatic rings. The zero-order valence-electron chi connectivity index (χ0n) is 14.8. The van der Waals surface area contributed by atoms with E-state index in [1.165, 1.54) is 12.1 Å². The van der Waals surface area contributed by atoms with Crippen molar-refractivity contribution < 1.29 is 17.6 Å². The maximum absolute atomic E-state index is 12.7. The molecule has 3 aromatic heterocycles. The molecule has 0 atom stereocenters. The van der Waals surface area contributed by atoms with Crippen molar-refractivity contribution in [1.29, 1.82) is 0 Å². The van der Waals surface area contributed by atoms with E-state index in [0.717, 1.165) is 41.4 Å². The molecule has 8 heteroatoms. The summed E-state index contributed by atoms with van der Waals surface area (Å²) in [6, 6.07) is 10.7. The van der Waals surface area contributed by atoms with Crippen LogP contribution in [-0.4, -0.2) is 15.0 Å². The molecule has 0 unspecified atom stereocenters. The molecule has 0 radical (unpaired) electrons. The molecule has 0 bridgehead atoms. The number of hydrogen-bond donors (Lipinski definition) is 2. The number of fused-ring (bicyclic) bond motifs is 1. The molecule has 4 aromatic rings.